The van der Waals surface area contributed by atoms with Gasteiger partial charge in [-0.3, -0.25) is 14.4 Å². The predicted octanol–water partition coefficient (Wildman–Crippen LogP) is 4.56. The fraction of sp³-hybridized carbons (Fsp3) is 0.381. The maximum atomic E-state index is 12.1. The summed E-state index contributed by atoms with van der Waals surface area (Å²) in [6.45, 7) is 6.88. The second-order valence-corrected chi connectivity index (χ2v) is 8.08. The lowest BCUT2D eigenvalue weighted by Crippen LogP contribution is -2.34. The van der Waals surface area contributed by atoms with Crippen LogP contribution >= 0.6 is 22.9 Å². The number of halogens is 1. The molecule has 6 nitrogen and oxygen atoms in total. The molecule has 0 unspecified atom stereocenters. The zero-order valence-electron chi connectivity index (χ0n) is 16.8. The average molecular weight is 437 g/mol. The fourth-order valence-corrected chi connectivity index (χ4v) is 3.73. The zero-order chi connectivity index (χ0) is 21.4. The van der Waals surface area contributed by atoms with E-state index in [-0.39, 0.29) is 37.0 Å². The molecule has 1 aromatic carbocycles. The van der Waals surface area contributed by atoms with Gasteiger partial charge in [-0.2, -0.15) is 0 Å². The number of rotatable bonds is 10. The Bertz CT molecular complexity index is 877. The first-order valence-electron chi connectivity index (χ1n) is 9.43. The molecule has 0 spiro atoms. The van der Waals surface area contributed by atoms with Gasteiger partial charge in [-0.15, -0.1) is 11.3 Å². The quantitative estimate of drug-likeness (QED) is 0.554. The number of amides is 2. The van der Waals surface area contributed by atoms with Crippen molar-refractivity contribution in [3.8, 4) is 5.75 Å². The number of carbonyl (C=O) groups excluding carboxylic acids is 3. The summed E-state index contributed by atoms with van der Waals surface area (Å²) < 4.78 is 5.49. The molecule has 0 radical (unpaired) electrons. The van der Waals surface area contributed by atoms with Crippen LogP contribution in [0.3, 0.4) is 0 Å². The van der Waals surface area contributed by atoms with Gasteiger partial charge in [-0.05, 0) is 51.1 Å². The number of hydrogen-bond donors (Lipinski definition) is 1. The Hall–Kier alpha value is -2.38. The van der Waals surface area contributed by atoms with Gasteiger partial charge in [0, 0.05) is 36.5 Å². The number of nitrogens with zero attached hydrogens (tertiary/aromatic N) is 1. The Morgan fingerprint density at radius 2 is 1.83 bits per heavy atom. The smallest absolute Gasteiger partial charge is 0.260 e. The van der Waals surface area contributed by atoms with Crippen LogP contribution in [-0.4, -0.2) is 42.2 Å². The van der Waals surface area contributed by atoms with E-state index in [0.717, 1.165) is 4.88 Å². The number of carbonyl (C=O) groups is 3. The number of hydrogen-bond acceptors (Lipinski definition) is 5. The molecule has 0 aliphatic rings. The van der Waals surface area contributed by atoms with Crippen LogP contribution in [0.4, 0.5) is 5.69 Å². The van der Waals surface area contributed by atoms with Crippen molar-refractivity contribution in [2.75, 3.05) is 25.0 Å². The van der Waals surface area contributed by atoms with E-state index < -0.39 is 0 Å². The Kier molecular flexibility index (Phi) is 8.67. The van der Waals surface area contributed by atoms with Crippen LogP contribution in [0.5, 0.6) is 5.75 Å². The molecule has 8 heteroatoms. The van der Waals surface area contributed by atoms with E-state index in [1.165, 1.54) is 11.3 Å². The summed E-state index contributed by atoms with van der Waals surface area (Å²) in [4.78, 5) is 39.6. The van der Waals surface area contributed by atoms with Gasteiger partial charge in [0.25, 0.3) is 5.91 Å². The lowest BCUT2D eigenvalue weighted by atomic mass is 10.2. The van der Waals surface area contributed by atoms with Gasteiger partial charge >= 0.3 is 0 Å². The van der Waals surface area contributed by atoms with Gasteiger partial charge in [-0.1, -0.05) is 11.6 Å². The van der Waals surface area contributed by atoms with Crippen molar-refractivity contribution in [3.63, 3.8) is 0 Å². The summed E-state index contributed by atoms with van der Waals surface area (Å²) in [6, 6.07) is 8.47. The van der Waals surface area contributed by atoms with Crippen LogP contribution in [0.1, 0.15) is 41.2 Å². The fourth-order valence-electron chi connectivity index (χ4n) is 2.66. The van der Waals surface area contributed by atoms with Crippen LogP contribution < -0.4 is 10.1 Å². The normalized spacial score (nSPS) is 10.5. The van der Waals surface area contributed by atoms with Gasteiger partial charge in [0.2, 0.25) is 5.91 Å². The molecule has 1 N–H and O–H groups in total. The monoisotopic (exact) mass is 436 g/mol. The van der Waals surface area contributed by atoms with Crippen molar-refractivity contribution in [2.45, 2.75) is 33.6 Å². The van der Waals surface area contributed by atoms with Gasteiger partial charge in [0.1, 0.15) is 5.75 Å². The third kappa shape index (κ3) is 6.87. The molecule has 0 aliphatic carbocycles. The Balaban J connectivity index is 1.85. The molecular weight excluding hydrogens is 412 g/mol. The second kappa shape index (κ2) is 11.0. The zero-order valence-corrected chi connectivity index (χ0v) is 18.4. The second-order valence-electron chi connectivity index (χ2n) is 6.38. The topological polar surface area (TPSA) is 75.7 Å². The van der Waals surface area contributed by atoms with Crippen molar-refractivity contribution in [2.24, 2.45) is 0 Å². The summed E-state index contributed by atoms with van der Waals surface area (Å²) >= 11 is 7.63. The van der Waals surface area contributed by atoms with E-state index in [2.05, 4.69) is 5.32 Å². The molecule has 2 aromatic rings. The van der Waals surface area contributed by atoms with Crippen molar-refractivity contribution < 1.29 is 19.1 Å². The maximum absolute atomic E-state index is 12.1. The first-order chi connectivity index (χ1) is 13.8. The molecule has 0 fully saturated rings. The van der Waals surface area contributed by atoms with Gasteiger partial charge in [0.05, 0.1) is 9.90 Å². The number of anilines is 1. The van der Waals surface area contributed by atoms with Crippen LogP contribution in [0.15, 0.2) is 30.3 Å². The summed E-state index contributed by atoms with van der Waals surface area (Å²) in [5.74, 6) is -0.0616. The highest BCUT2D eigenvalue weighted by Crippen LogP contribution is 2.28. The van der Waals surface area contributed by atoms with Crippen LogP contribution in [-0.2, 0) is 9.59 Å². The minimum Gasteiger partial charge on any atom is -0.482 e. The number of benzene rings is 1. The summed E-state index contributed by atoms with van der Waals surface area (Å²) in [6.07, 6.45) is 0.234. The molecule has 0 saturated heterocycles. The van der Waals surface area contributed by atoms with E-state index in [1.807, 2.05) is 26.8 Å². The van der Waals surface area contributed by atoms with Gasteiger partial charge in [0.15, 0.2) is 12.4 Å². The third-order valence-corrected chi connectivity index (χ3v) is 5.61. The molecule has 1 heterocycles. The molecule has 0 bridgehead atoms. The predicted molar refractivity (Wildman–Crippen MR) is 116 cm³/mol. The van der Waals surface area contributed by atoms with E-state index in [1.54, 1.807) is 29.2 Å². The Morgan fingerprint density at radius 1 is 1.10 bits per heavy atom. The van der Waals surface area contributed by atoms with E-state index in [0.29, 0.717) is 34.4 Å². The molecule has 2 amide bonds. The number of likely N-dealkylation sites (N-methyl/N-ethyl adjacent to an activating group) is 1. The number of aryl methyl sites for hydroxylation is 1. The largest absolute Gasteiger partial charge is 0.482 e. The minimum atomic E-state index is -0.270. The third-order valence-electron chi connectivity index (χ3n) is 4.28. The molecular formula is C21H25ClN2O4S. The highest BCUT2D eigenvalue weighted by molar-refractivity contribution is 7.14. The van der Waals surface area contributed by atoms with Gasteiger partial charge in [-0.25, -0.2) is 0 Å². The molecule has 29 heavy (non-hydrogen) atoms. The molecule has 2 rings (SSSR count). The number of nitrogens with one attached hydrogen (secondary N) is 1. The summed E-state index contributed by atoms with van der Waals surface area (Å²) in [5, 5.41) is 3.01. The lowest BCUT2D eigenvalue weighted by molar-refractivity contribution is -0.133. The average Bonchev–Trinajstić information content (AvgIpc) is 3.13. The number of thiophene rings is 1. The van der Waals surface area contributed by atoms with Crippen molar-refractivity contribution in [1.29, 1.82) is 0 Å². The van der Waals surface area contributed by atoms with Crippen molar-refractivity contribution >= 4 is 46.2 Å². The highest BCUT2D eigenvalue weighted by Gasteiger charge is 2.14. The van der Waals surface area contributed by atoms with Crippen molar-refractivity contribution in [1.82, 2.24) is 4.90 Å². The van der Waals surface area contributed by atoms with Crippen LogP contribution in [0.2, 0.25) is 5.02 Å². The van der Waals surface area contributed by atoms with Gasteiger partial charge < -0.3 is 15.0 Å². The maximum Gasteiger partial charge on any atom is 0.260 e. The van der Waals surface area contributed by atoms with Crippen molar-refractivity contribution in [3.05, 3.63) is 45.1 Å². The summed E-state index contributed by atoms with van der Waals surface area (Å²) in [7, 11) is 0. The molecule has 0 aliphatic heterocycles. The first kappa shape index (κ1) is 22.9. The number of Topliss-reactive ketones (excluding diaryl/α,β-unsaturated/α-hetero) is 1. The molecule has 0 atom stereocenters. The Labute approximate surface area is 179 Å². The number of ether oxygens (including phenoxy) is 1. The number of ketones is 1. The minimum absolute atomic E-state index is 0.0436. The molecule has 1 aromatic heterocycles. The highest BCUT2D eigenvalue weighted by atomic mass is 35.5. The summed E-state index contributed by atoms with van der Waals surface area (Å²) in [5.41, 5.74) is 0.502. The van der Waals surface area contributed by atoms with E-state index in [4.69, 9.17) is 16.3 Å². The standard InChI is InChI=1S/C21H25ClN2O4S/c1-4-24(5-2)21(27)13-28-18-9-7-15(12-16(18)22)23-20(26)11-8-17(25)19-10-6-14(3)29-19/h6-7,9-10,12H,4-5,8,11,13H2,1-3H3,(H,23,26). The van der Waals surface area contributed by atoms with E-state index in [9.17, 15) is 14.4 Å². The first-order valence-corrected chi connectivity index (χ1v) is 10.6. The van der Waals surface area contributed by atoms with Crippen LogP contribution in [0.25, 0.3) is 0 Å². The SMILES string of the molecule is CCN(CC)C(=O)COc1ccc(NC(=O)CCC(=O)c2ccc(C)s2)cc1Cl. The van der Waals surface area contributed by atoms with E-state index >= 15 is 0 Å². The lowest BCUT2D eigenvalue weighted by Gasteiger charge is -2.19. The molecule has 0 saturated carbocycles. The van der Waals surface area contributed by atoms with Crippen LogP contribution in [0, 0.1) is 6.92 Å². The Morgan fingerprint density at radius 3 is 2.41 bits per heavy atom. The molecule has 156 valence electrons.